The number of carbonyl (C=O) groups is 1. The number of benzene rings is 2. The van der Waals surface area contributed by atoms with E-state index in [0.717, 1.165) is 15.2 Å². The summed E-state index contributed by atoms with van der Waals surface area (Å²) in [6.45, 7) is 1.85. The quantitative estimate of drug-likeness (QED) is 0.792. The van der Waals surface area contributed by atoms with Gasteiger partial charge in [0, 0.05) is 10.0 Å². The first-order valence-electron chi connectivity index (χ1n) is 5.79. The highest BCUT2D eigenvalue weighted by Gasteiger charge is 2.17. The Balaban J connectivity index is 2.45. The summed E-state index contributed by atoms with van der Waals surface area (Å²) >= 11 is 3.42. The molecule has 0 saturated heterocycles. The molecule has 2 rings (SSSR count). The summed E-state index contributed by atoms with van der Waals surface area (Å²) in [7, 11) is 0. The lowest BCUT2D eigenvalue weighted by atomic mass is 9.95. The highest BCUT2D eigenvalue weighted by molar-refractivity contribution is 9.10. The van der Waals surface area contributed by atoms with E-state index >= 15 is 0 Å². The predicted molar refractivity (Wildman–Crippen MR) is 75.4 cm³/mol. The summed E-state index contributed by atoms with van der Waals surface area (Å²) in [5.41, 5.74) is 0.609. The predicted octanol–water partition coefficient (Wildman–Crippen LogP) is 4.33. The molecule has 2 aromatic carbocycles. The zero-order valence-corrected chi connectivity index (χ0v) is 11.6. The SMILES string of the molecule is CCC(C#N)C(=O)c1ccc2cc(Br)ccc2c1. The molecular weight excluding hydrogens is 290 g/mol. The standard InChI is InChI=1S/C15H12BrNO/c1-2-10(9-17)15(18)13-4-3-12-8-14(16)6-5-11(12)7-13/h3-8,10H,2H2,1H3. The fourth-order valence-corrected chi connectivity index (χ4v) is 2.29. The van der Waals surface area contributed by atoms with Crippen LogP contribution in [0, 0.1) is 17.2 Å². The summed E-state index contributed by atoms with van der Waals surface area (Å²) < 4.78 is 1.01. The van der Waals surface area contributed by atoms with Crippen molar-refractivity contribution in [3.05, 3.63) is 46.4 Å². The van der Waals surface area contributed by atoms with Crippen LogP contribution in [0.2, 0.25) is 0 Å². The molecule has 2 nitrogen and oxygen atoms in total. The maximum atomic E-state index is 12.1. The molecule has 0 spiro atoms. The number of ketones is 1. The molecule has 18 heavy (non-hydrogen) atoms. The van der Waals surface area contributed by atoms with E-state index in [9.17, 15) is 4.79 Å². The molecule has 2 aromatic rings. The van der Waals surface area contributed by atoms with E-state index in [1.54, 1.807) is 6.07 Å². The van der Waals surface area contributed by atoms with Crippen molar-refractivity contribution in [2.24, 2.45) is 5.92 Å². The van der Waals surface area contributed by atoms with Gasteiger partial charge in [0.25, 0.3) is 0 Å². The second-order valence-corrected chi connectivity index (χ2v) is 5.08. The Hall–Kier alpha value is -1.66. The summed E-state index contributed by atoms with van der Waals surface area (Å²) in [5.74, 6) is -0.636. The second-order valence-electron chi connectivity index (χ2n) is 4.16. The highest BCUT2D eigenvalue weighted by atomic mass is 79.9. The van der Waals surface area contributed by atoms with Crippen molar-refractivity contribution in [1.82, 2.24) is 0 Å². The van der Waals surface area contributed by atoms with Gasteiger partial charge < -0.3 is 0 Å². The Morgan fingerprint density at radius 2 is 1.94 bits per heavy atom. The van der Waals surface area contributed by atoms with Gasteiger partial charge in [-0.3, -0.25) is 4.79 Å². The molecule has 0 amide bonds. The van der Waals surface area contributed by atoms with E-state index < -0.39 is 5.92 Å². The molecule has 0 heterocycles. The lowest BCUT2D eigenvalue weighted by Gasteiger charge is -2.06. The minimum Gasteiger partial charge on any atom is -0.293 e. The molecule has 1 atom stereocenters. The van der Waals surface area contributed by atoms with Gasteiger partial charge in [-0.2, -0.15) is 5.26 Å². The van der Waals surface area contributed by atoms with E-state index in [2.05, 4.69) is 22.0 Å². The summed E-state index contributed by atoms with van der Waals surface area (Å²) in [5, 5.41) is 11.0. The molecule has 0 bridgehead atoms. The zero-order valence-electron chi connectivity index (χ0n) is 9.98. The first kappa shape index (κ1) is 12.8. The third-order valence-electron chi connectivity index (χ3n) is 2.97. The number of Topliss-reactive ketones (excluding diaryl/α,β-unsaturated/α-hetero) is 1. The fraction of sp³-hybridized carbons (Fsp3) is 0.200. The van der Waals surface area contributed by atoms with Gasteiger partial charge in [-0.15, -0.1) is 0 Å². The Morgan fingerprint density at radius 1 is 1.28 bits per heavy atom. The van der Waals surface area contributed by atoms with Gasteiger partial charge in [-0.25, -0.2) is 0 Å². The Labute approximate surface area is 114 Å². The van der Waals surface area contributed by atoms with Crippen molar-refractivity contribution in [3.63, 3.8) is 0 Å². The first-order valence-corrected chi connectivity index (χ1v) is 6.58. The smallest absolute Gasteiger partial charge is 0.179 e. The van der Waals surface area contributed by atoms with Crippen LogP contribution in [0.5, 0.6) is 0 Å². The summed E-state index contributed by atoms with van der Waals surface area (Å²) in [6, 6.07) is 13.5. The van der Waals surface area contributed by atoms with Gasteiger partial charge in [0.1, 0.15) is 5.92 Å². The van der Waals surface area contributed by atoms with Crippen molar-refractivity contribution in [2.45, 2.75) is 13.3 Å². The molecule has 1 unspecified atom stereocenters. The normalized spacial score (nSPS) is 12.1. The maximum absolute atomic E-state index is 12.1. The van der Waals surface area contributed by atoms with Crippen LogP contribution < -0.4 is 0 Å². The van der Waals surface area contributed by atoms with E-state index in [4.69, 9.17) is 5.26 Å². The van der Waals surface area contributed by atoms with E-state index in [1.165, 1.54) is 0 Å². The number of hydrogen-bond acceptors (Lipinski definition) is 2. The number of nitrogens with zero attached hydrogens (tertiary/aromatic N) is 1. The number of carbonyl (C=O) groups excluding carboxylic acids is 1. The van der Waals surface area contributed by atoms with Crippen molar-refractivity contribution < 1.29 is 4.79 Å². The van der Waals surface area contributed by atoms with Gasteiger partial charge in [0.05, 0.1) is 6.07 Å². The molecule has 0 N–H and O–H groups in total. The van der Waals surface area contributed by atoms with Crippen LogP contribution >= 0.6 is 15.9 Å². The Kier molecular flexibility index (Phi) is 3.78. The maximum Gasteiger partial charge on any atom is 0.179 e. The summed E-state index contributed by atoms with van der Waals surface area (Å²) in [6.07, 6.45) is 0.549. The Bertz CT molecular complexity index is 642. The largest absolute Gasteiger partial charge is 0.293 e. The number of rotatable bonds is 3. The highest BCUT2D eigenvalue weighted by Crippen LogP contribution is 2.22. The molecule has 0 saturated carbocycles. The minimum absolute atomic E-state index is 0.0928. The van der Waals surface area contributed by atoms with E-state index in [0.29, 0.717) is 12.0 Å². The minimum atomic E-state index is -0.544. The van der Waals surface area contributed by atoms with Gasteiger partial charge >= 0.3 is 0 Å². The second kappa shape index (κ2) is 5.32. The number of nitriles is 1. The molecule has 0 aliphatic carbocycles. The van der Waals surface area contributed by atoms with Crippen LogP contribution in [0.3, 0.4) is 0 Å². The van der Waals surface area contributed by atoms with Crippen molar-refractivity contribution in [3.8, 4) is 6.07 Å². The van der Waals surface area contributed by atoms with Crippen molar-refractivity contribution >= 4 is 32.5 Å². The van der Waals surface area contributed by atoms with Crippen LogP contribution in [-0.4, -0.2) is 5.78 Å². The first-order chi connectivity index (χ1) is 8.65. The van der Waals surface area contributed by atoms with E-state index in [-0.39, 0.29) is 5.78 Å². The van der Waals surface area contributed by atoms with Gasteiger partial charge in [-0.1, -0.05) is 41.1 Å². The average Bonchev–Trinajstić information content (AvgIpc) is 2.39. The summed E-state index contributed by atoms with van der Waals surface area (Å²) in [4.78, 5) is 12.1. The van der Waals surface area contributed by atoms with E-state index in [1.807, 2.05) is 37.3 Å². The molecular formula is C15H12BrNO. The van der Waals surface area contributed by atoms with Crippen LogP contribution in [0.15, 0.2) is 40.9 Å². The Morgan fingerprint density at radius 3 is 2.61 bits per heavy atom. The molecule has 0 aliphatic heterocycles. The third kappa shape index (κ3) is 2.44. The number of fused-ring (bicyclic) bond motifs is 1. The van der Waals surface area contributed by atoms with Gasteiger partial charge in [0.2, 0.25) is 0 Å². The van der Waals surface area contributed by atoms with Crippen LogP contribution in [0.4, 0.5) is 0 Å². The molecule has 3 heteroatoms. The monoisotopic (exact) mass is 301 g/mol. The molecule has 0 fully saturated rings. The van der Waals surface area contributed by atoms with Crippen molar-refractivity contribution in [1.29, 1.82) is 5.26 Å². The lowest BCUT2D eigenvalue weighted by molar-refractivity contribution is 0.0947. The van der Waals surface area contributed by atoms with Crippen LogP contribution in [-0.2, 0) is 0 Å². The molecule has 0 aliphatic rings. The average molecular weight is 302 g/mol. The topological polar surface area (TPSA) is 40.9 Å². The van der Waals surface area contributed by atoms with Gasteiger partial charge in [0.15, 0.2) is 5.78 Å². The number of halogens is 1. The zero-order chi connectivity index (χ0) is 13.1. The molecule has 0 aromatic heterocycles. The van der Waals surface area contributed by atoms with Crippen LogP contribution in [0.1, 0.15) is 23.7 Å². The fourth-order valence-electron chi connectivity index (χ4n) is 1.91. The third-order valence-corrected chi connectivity index (χ3v) is 3.46. The van der Waals surface area contributed by atoms with Crippen molar-refractivity contribution in [2.75, 3.05) is 0 Å². The molecule has 90 valence electrons. The van der Waals surface area contributed by atoms with Gasteiger partial charge in [-0.05, 0) is 35.4 Å². The number of hydrogen-bond donors (Lipinski definition) is 0. The molecule has 0 radical (unpaired) electrons. The lowest BCUT2D eigenvalue weighted by Crippen LogP contribution is -2.11. The van der Waals surface area contributed by atoms with Crippen LogP contribution in [0.25, 0.3) is 10.8 Å².